The van der Waals surface area contributed by atoms with Gasteiger partial charge in [-0.15, -0.1) is 0 Å². The molecule has 0 saturated carbocycles. The molecule has 222 valence electrons. The Morgan fingerprint density at radius 1 is 0.452 bits per heavy atom. The molecule has 3 atom stereocenters. The summed E-state index contributed by atoms with van der Waals surface area (Å²) >= 11 is 0. The zero-order chi connectivity index (χ0) is 31.8. The molecule has 0 aromatic heterocycles. The van der Waals surface area contributed by atoms with Crippen molar-refractivity contribution < 1.29 is 45.0 Å². The molecule has 6 N–H and O–H groups in total. The van der Waals surface area contributed by atoms with Crippen LogP contribution in [0, 0.1) is 0 Å². The average molecular weight is 577 g/mol. The first-order chi connectivity index (χ1) is 19.6. The van der Waals surface area contributed by atoms with Gasteiger partial charge in [0.1, 0.15) is 0 Å². The molecule has 0 unspecified atom stereocenters. The molecule has 0 heterocycles. The molecule has 9 heteroatoms. The fourth-order valence-electron chi connectivity index (χ4n) is 2.68. The molecule has 0 spiro atoms. The van der Waals surface area contributed by atoms with Crippen LogP contribution >= 0.6 is 0 Å². The van der Waals surface area contributed by atoms with Crippen molar-refractivity contribution in [1.82, 2.24) is 0 Å². The number of aliphatic hydroxyl groups is 3. The maximum atomic E-state index is 10.5. The van der Waals surface area contributed by atoms with Gasteiger partial charge >= 0.3 is 17.9 Å². The molecular formula is C33H36O9. The van der Waals surface area contributed by atoms with Crippen molar-refractivity contribution in [2.45, 2.75) is 37.6 Å². The quantitative estimate of drug-likeness (QED) is 0.213. The number of carbonyl (C=O) groups is 3. The highest BCUT2D eigenvalue weighted by Gasteiger charge is 2.27. The number of aliphatic carboxylic acids is 3. The van der Waals surface area contributed by atoms with E-state index in [2.05, 4.69) is 0 Å². The predicted molar refractivity (Wildman–Crippen MR) is 161 cm³/mol. The Balaban J connectivity index is 0.000000315. The summed E-state index contributed by atoms with van der Waals surface area (Å²) in [5.41, 5.74) is -2.86. The third-order valence-corrected chi connectivity index (χ3v) is 5.50. The summed E-state index contributed by atoms with van der Waals surface area (Å²) in [6, 6.07) is 27.6. The van der Waals surface area contributed by atoms with E-state index in [-0.39, 0.29) is 0 Å². The smallest absolute Gasteiger partial charge is 0.339 e. The molecule has 0 saturated heterocycles. The van der Waals surface area contributed by atoms with E-state index in [1.807, 2.05) is 91.0 Å². The highest BCUT2D eigenvalue weighted by Crippen LogP contribution is 2.11. The highest BCUT2D eigenvalue weighted by molar-refractivity contribution is 5.81. The van der Waals surface area contributed by atoms with Gasteiger partial charge in [-0.25, -0.2) is 14.4 Å². The number of benzene rings is 3. The standard InChI is InChI=1S/3C11H12O3/c3*1-11(14,10(12)13)8-7-9-5-3-2-4-6-9/h3*2-8,14H,1H3,(H,12,13)/b3*8-7+/t3*11-/m111/s1. The number of carboxylic acid groups (broad SMARTS) is 3. The van der Waals surface area contributed by atoms with Crippen LogP contribution in [0.4, 0.5) is 0 Å². The molecule has 42 heavy (non-hydrogen) atoms. The summed E-state index contributed by atoms with van der Waals surface area (Å²) in [5.74, 6) is -3.78. The van der Waals surface area contributed by atoms with Crippen LogP contribution in [0.5, 0.6) is 0 Å². The summed E-state index contributed by atoms with van der Waals surface area (Å²) in [5, 5.41) is 54.0. The Labute approximate surface area is 244 Å². The SMILES string of the molecule is C[C@@](O)(/C=C/c1ccccc1)C(=O)O.C[C@@](O)(/C=C/c1ccccc1)C(=O)O.C[C@@](O)(/C=C/c1ccccc1)C(=O)O. The van der Waals surface area contributed by atoms with Crippen molar-refractivity contribution in [3.63, 3.8) is 0 Å². The summed E-state index contributed by atoms with van der Waals surface area (Å²) in [4.78, 5) is 31.6. The van der Waals surface area contributed by atoms with E-state index in [0.717, 1.165) is 16.7 Å². The third kappa shape index (κ3) is 13.5. The molecule has 0 fully saturated rings. The minimum absolute atomic E-state index is 0.856. The first-order valence-electron chi connectivity index (χ1n) is 12.7. The van der Waals surface area contributed by atoms with Crippen LogP contribution in [-0.2, 0) is 14.4 Å². The molecule has 0 aliphatic carbocycles. The fourth-order valence-corrected chi connectivity index (χ4v) is 2.68. The number of hydrogen-bond acceptors (Lipinski definition) is 6. The molecule has 0 radical (unpaired) electrons. The second-order valence-corrected chi connectivity index (χ2v) is 9.59. The van der Waals surface area contributed by atoms with Crippen molar-refractivity contribution in [2.75, 3.05) is 0 Å². The second-order valence-electron chi connectivity index (χ2n) is 9.59. The Kier molecular flexibility index (Phi) is 13.8. The van der Waals surface area contributed by atoms with Gasteiger partial charge in [-0.05, 0) is 55.7 Å². The minimum atomic E-state index is -1.81. The molecule has 3 rings (SSSR count). The van der Waals surface area contributed by atoms with Crippen LogP contribution < -0.4 is 0 Å². The van der Waals surface area contributed by atoms with Crippen molar-refractivity contribution in [2.24, 2.45) is 0 Å². The van der Waals surface area contributed by atoms with Crippen LogP contribution in [0.15, 0.2) is 109 Å². The third-order valence-electron chi connectivity index (χ3n) is 5.50. The van der Waals surface area contributed by atoms with Crippen LogP contribution in [0.3, 0.4) is 0 Å². The fraction of sp³-hybridized carbons (Fsp3) is 0.182. The van der Waals surface area contributed by atoms with Crippen molar-refractivity contribution in [3.8, 4) is 0 Å². The van der Waals surface area contributed by atoms with Gasteiger partial charge < -0.3 is 30.6 Å². The van der Waals surface area contributed by atoms with Gasteiger partial charge in [0.2, 0.25) is 0 Å². The monoisotopic (exact) mass is 576 g/mol. The first-order valence-corrected chi connectivity index (χ1v) is 12.7. The molecule has 0 amide bonds. The maximum absolute atomic E-state index is 10.5. The molecule has 0 bridgehead atoms. The van der Waals surface area contributed by atoms with Gasteiger partial charge in [-0.2, -0.15) is 0 Å². The van der Waals surface area contributed by atoms with Crippen LogP contribution in [-0.4, -0.2) is 65.4 Å². The Morgan fingerprint density at radius 3 is 0.810 bits per heavy atom. The highest BCUT2D eigenvalue weighted by atomic mass is 16.4. The lowest BCUT2D eigenvalue weighted by molar-refractivity contribution is -0.152. The van der Waals surface area contributed by atoms with E-state index < -0.39 is 34.7 Å². The first kappa shape index (κ1) is 35.2. The molecule has 3 aromatic rings. The van der Waals surface area contributed by atoms with E-state index in [1.165, 1.54) is 39.0 Å². The van der Waals surface area contributed by atoms with Gasteiger partial charge in [-0.1, -0.05) is 109 Å². The zero-order valence-corrected chi connectivity index (χ0v) is 23.5. The summed E-state index contributed by atoms with van der Waals surface area (Å²) < 4.78 is 0. The van der Waals surface area contributed by atoms with Gasteiger partial charge in [0.05, 0.1) is 0 Å². The van der Waals surface area contributed by atoms with E-state index in [4.69, 9.17) is 15.3 Å². The largest absolute Gasteiger partial charge is 0.479 e. The van der Waals surface area contributed by atoms with Crippen LogP contribution in [0.1, 0.15) is 37.5 Å². The van der Waals surface area contributed by atoms with Crippen molar-refractivity contribution in [1.29, 1.82) is 0 Å². The summed E-state index contributed by atoms with van der Waals surface area (Å²) in [7, 11) is 0. The van der Waals surface area contributed by atoms with Gasteiger partial charge in [0, 0.05) is 0 Å². The molecule has 0 aliphatic heterocycles. The predicted octanol–water partition coefficient (Wildman–Crippen LogP) is 4.61. The lowest BCUT2D eigenvalue weighted by atomic mass is 10.1. The second kappa shape index (κ2) is 16.4. The summed E-state index contributed by atoms with van der Waals surface area (Å²) in [6.45, 7) is 3.69. The topological polar surface area (TPSA) is 173 Å². The van der Waals surface area contributed by atoms with E-state index in [1.54, 1.807) is 18.2 Å². The van der Waals surface area contributed by atoms with Crippen LogP contribution in [0.25, 0.3) is 18.2 Å². The van der Waals surface area contributed by atoms with Gasteiger partial charge in [-0.3, -0.25) is 0 Å². The van der Waals surface area contributed by atoms with E-state index >= 15 is 0 Å². The van der Waals surface area contributed by atoms with Gasteiger partial charge in [0.25, 0.3) is 0 Å². The lowest BCUT2D eigenvalue weighted by Gasteiger charge is -2.11. The molecule has 0 aliphatic rings. The summed E-state index contributed by atoms with van der Waals surface area (Å²) in [6.07, 6.45) is 8.50. The normalized spacial score (nSPS) is 15.3. The Morgan fingerprint density at radius 2 is 0.643 bits per heavy atom. The maximum Gasteiger partial charge on any atom is 0.339 e. The average Bonchev–Trinajstić information content (AvgIpc) is 2.96. The Bertz CT molecular complexity index is 1190. The molecule has 3 aromatic carbocycles. The Hall–Kier alpha value is -4.83. The van der Waals surface area contributed by atoms with E-state index in [9.17, 15) is 29.7 Å². The van der Waals surface area contributed by atoms with Gasteiger partial charge in [0.15, 0.2) is 16.8 Å². The number of carboxylic acids is 3. The van der Waals surface area contributed by atoms with Crippen molar-refractivity contribution in [3.05, 3.63) is 126 Å². The lowest BCUT2D eigenvalue weighted by Crippen LogP contribution is -2.31. The van der Waals surface area contributed by atoms with Crippen molar-refractivity contribution >= 4 is 36.1 Å². The zero-order valence-electron chi connectivity index (χ0n) is 23.5. The number of hydrogen-bond donors (Lipinski definition) is 6. The molecule has 9 nitrogen and oxygen atoms in total. The van der Waals surface area contributed by atoms with E-state index in [0.29, 0.717) is 0 Å². The minimum Gasteiger partial charge on any atom is -0.479 e. The number of rotatable bonds is 9. The van der Waals surface area contributed by atoms with Crippen LogP contribution in [0.2, 0.25) is 0 Å². The molecular weight excluding hydrogens is 540 g/mol.